The minimum Gasteiger partial charge on any atom is -0.370 e. The number of pyridine rings is 1. The van der Waals surface area contributed by atoms with Gasteiger partial charge in [-0.3, -0.25) is 4.98 Å². The van der Waals surface area contributed by atoms with Crippen LogP contribution in [0.2, 0.25) is 0 Å². The minimum absolute atomic E-state index is 0.662. The minimum atomic E-state index is 0.662. The molecule has 3 heteroatoms. The van der Waals surface area contributed by atoms with Crippen molar-refractivity contribution in [2.24, 2.45) is 5.92 Å². The molecule has 1 saturated heterocycles. The van der Waals surface area contributed by atoms with Gasteiger partial charge < -0.3 is 10.2 Å². The van der Waals surface area contributed by atoms with E-state index in [9.17, 15) is 0 Å². The predicted molar refractivity (Wildman–Crippen MR) is 89.8 cm³/mol. The largest absolute Gasteiger partial charge is 0.370 e. The van der Waals surface area contributed by atoms with Crippen LogP contribution in [0.1, 0.15) is 26.7 Å². The van der Waals surface area contributed by atoms with Gasteiger partial charge in [0.15, 0.2) is 0 Å². The molecule has 1 aromatic heterocycles. The lowest BCUT2D eigenvalue weighted by atomic mass is 9.93. The van der Waals surface area contributed by atoms with Crippen LogP contribution in [-0.2, 0) is 0 Å². The van der Waals surface area contributed by atoms with E-state index in [1.165, 1.54) is 23.9 Å². The Bertz CT molecular complexity index is 596. The Labute approximate surface area is 127 Å². The Hall–Kier alpha value is -1.61. The zero-order valence-corrected chi connectivity index (χ0v) is 13.0. The van der Waals surface area contributed by atoms with E-state index < -0.39 is 0 Å². The highest BCUT2D eigenvalue weighted by atomic mass is 15.2. The summed E-state index contributed by atoms with van der Waals surface area (Å²) >= 11 is 0. The van der Waals surface area contributed by atoms with Gasteiger partial charge in [0, 0.05) is 24.5 Å². The van der Waals surface area contributed by atoms with Gasteiger partial charge in [-0.2, -0.15) is 0 Å². The molecule has 0 radical (unpaired) electrons. The van der Waals surface area contributed by atoms with Gasteiger partial charge in [0.25, 0.3) is 0 Å². The molecule has 0 amide bonds. The predicted octanol–water partition coefficient (Wildman–Crippen LogP) is 3.45. The van der Waals surface area contributed by atoms with Crippen molar-refractivity contribution >= 4 is 16.6 Å². The molecule has 2 unspecified atom stereocenters. The molecular formula is C18H25N3. The standard InChI is InChI=1S/C18H25N3/c1-3-9-19-17-8-10-21(13-14(17)2)16-11-15-6-4-5-7-18(15)20-12-16/h4-7,11-12,14,17,19H,3,8-10,13H2,1-2H3. The van der Waals surface area contributed by atoms with Crippen LogP contribution in [0, 0.1) is 5.92 Å². The van der Waals surface area contributed by atoms with Crippen LogP contribution in [0.4, 0.5) is 5.69 Å². The molecule has 2 atom stereocenters. The van der Waals surface area contributed by atoms with Crippen molar-refractivity contribution in [1.29, 1.82) is 0 Å². The summed E-state index contributed by atoms with van der Waals surface area (Å²) in [6.45, 7) is 7.95. The van der Waals surface area contributed by atoms with Crippen LogP contribution in [0.5, 0.6) is 0 Å². The molecule has 1 N–H and O–H groups in total. The van der Waals surface area contributed by atoms with Crippen LogP contribution >= 0.6 is 0 Å². The van der Waals surface area contributed by atoms with Crippen molar-refractivity contribution in [1.82, 2.24) is 10.3 Å². The average molecular weight is 283 g/mol. The Morgan fingerprint density at radius 3 is 3.00 bits per heavy atom. The van der Waals surface area contributed by atoms with Crippen LogP contribution in [0.25, 0.3) is 10.9 Å². The molecule has 1 aliphatic rings. The van der Waals surface area contributed by atoms with Gasteiger partial charge in [-0.05, 0) is 37.4 Å². The second kappa shape index (κ2) is 6.44. The second-order valence-electron chi connectivity index (χ2n) is 6.16. The van der Waals surface area contributed by atoms with Crippen LogP contribution < -0.4 is 10.2 Å². The highest BCUT2D eigenvalue weighted by Crippen LogP contribution is 2.25. The smallest absolute Gasteiger partial charge is 0.0703 e. The fourth-order valence-corrected chi connectivity index (χ4v) is 3.25. The SMILES string of the molecule is CCCNC1CCN(c2cnc3ccccc3c2)CC1C. The van der Waals surface area contributed by atoms with Crippen molar-refractivity contribution in [2.75, 3.05) is 24.5 Å². The van der Waals surface area contributed by atoms with Crippen LogP contribution in [-0.4, -0.2) is 30.7 Å². The number of nitrogens with zero attached hydrogens (tertiary/aromatic N) is 2. The first-order chi connectivity index (χ1) is 10.3. The molecule has 1 aromatic carbocycles. The highest BCUT2D eigenvalue weighted by molar-refractivity contribution is 5.81. The first-order valence-electron chi connectivity index (χ1n) is 8.11. The lowest BCUT2D eigenvalue weighted by Gasteiger charge is -2.38. The van der Waals surface area contributed by atoms with Gasteiger partial charge in [-0.15, -0.1) is 0 Å². The maximum absolute atomic E-state index is 4.59. The number of hydrogen-bond donors (Lipinski definition) is 1. The van der Waals surface area contributed by atoms with E-state index in [1.54, 1.807) is 0 Å². The molecule has 0 saturated carbocycles. The third-order valence-electron chi connectivity index (χ3n) is 4.50. The number of piperidine rings is 1. The van der Waals surface area contributed by atoms with Crippen molar-refractivity contribution in [3.63, 3.8) is 0 Å². The average Bonchev–Trinajstić information content (AvgIpc) is 2.53. The fourth-order valence-electron chi connectivity index (χ4n) is 3.25. The maximum atomic E-state index is 4.59. The molecule has 3 rings (SSSR count). The lowest BCUT2D eigenvalue weighted by molar-refractivity contribution is 0.322. The van der Waals surface area contributed by atoms with Crippen LogP contribution in [0.3, 0.4) is 0 Å². The summed E-state index contributed by atoms with van der Waals surface area (Å²) in [5, 5.41) is 4.91. The van der Waals surface area contributed by atoms with Gasteiger partial charge in [0.2, 0.25) is 0 Å². The molecule has 21 heavy (non-hydrogen) atoms. The van der Waals surface area contributed by atoms with Gasteiger partial charge >= 0.3 is 0 Å². The Morgan fingerprint density at radius 1 is 1.33 bits per heavy atom. The van der Waals surface area contributed by atoms with E-state index in [1.807, 2.05) is 12.3 Å². The first kappa shape index (κ1) is 14.3. The normalized spacial score (nSPS) is 22.7. The third kappa shape index (κ3) is 3.18. The van der Waals surface area contributed by atoms with Gasteiger partial charge in [0.1, 0.15) is 0 Å². The summed E-state index contributed by atoms with van der Waals surface area (Å²) in [7, 11) is 0. The Kier molecular flexibility index (Phi) is 4.39. The number of para-hydroxylation sites is 1. The summed E-state index contributed by atoms with van der Waals surface area (Å²) in [5.74, 6) is 0.678. The van der Waals surface area contributed by atoms with E-state index in [4.69, 9.17) is 0 Å². The van der Waals surface area contributed by atoms with Gasteiger partial charge in [0.05, 0.1) is 17.4 Å². The van der Waals surface area contributed by atoms with Gasteiger partial charge in [-0.25, -0.2) is 0 Å². The van der Waals surface area contributed by atoms with Crippen molar-refractivity contribution in [2.45, 2.75) is 32.7 Å². The molecule has 3 nitrogen and oxygen atoms in total. The molecule has 2 heterocycles. The van der Waals surface area contributed by atoms with Crippen molar-refractivity contribution < 1.29 is 0 Å². The maximum Gasteiger partial charge on any atom is 0.0703 e. The fraction of sp³-hybridized carbons (Fsp3) is 0.500. The molecule has 1 fully saturated rings. The van der Waals surface area contributed by atoms with Crippen molar-refractivity contribution in [3.05, 3.63) is 36.5 Å². The first-order valence-corrected chi connectivity index (χ1v) is 8.11. The number of hydrogen-bond acceptors (Lipinski definition) is 3. The number of nitrogens with one attached hydrogen (secondary N) is 1. The van der Waals surface area contributed by atoms with E-state index in [-0.39, 0.29) is 0 Å². The Balaban J connectivity index is 1.72. The number of aromatic nitrogens is 1. The van der Waals surface area contributed by atoms with E-state index in [0.717, 1.165) is 25.2 Å². The molecule has 112 valence electrons. The number of rotatable bonds is 4. The van der Waals surface area contributed by atoms with E-state index >= 15 is 0 Å². The molecule has 2 aromatic rings. The molecule has 0 aliphatic carbocycles. The topological polar surface area (TPSA) is 28.2 Å². The lowest BCUT2D eigenvalue weighted by Crippen LogP contribution is -2.48. The molecule has 0 spiro atoms. The third-order valence-corrected chi connectivity index (χ3v) is 4.50. The van der Waals surface area contributed by atoms with Gasteiger partial charge in [-0.1, -0.05) is 32.0 Å². The van der Waals surface area contributed by atoms with E-state index in [2.05, 4.69) is 53.3 Å². The summed E-state index contributed by atoms with van der Waals surface area (Å²) in [6, 6.07) is 11.3. The number of benzene rings is 1. The summed E-state index contributed by atoms with van der Waals surface area (Å²) in [5.41, 5.74) is 2.34. The second-order valence-corrected chi connectivity index (χ2v) is 6.16. The summed E-state index contributed by atoms with van der Waals surface area (Å²) < 4.78 is 0. The van der Waals surface area contributed by atoms with E-state index in [0.29, 0.717) is 12.0 Å². The quantitative estimate of drug-likeness (QED) is 0.931. The summed E-state index contributed by atoms with van der Waals surface area (Å²) in [4.78, 5) is 7.07. The zero-order chi connectivity index (χ0) is 14.7. The molecule has 1 aliphatic heterocycles. The molecular weight excluding hydrogens is 258 g/mol. The molecule has 0 bridgehead atoms. The highest BCUT2D eigenvalue weighted by Gasteiger charge is 2.25. The van der Waals surface area contributed by atoms with Crippen LogP contribution in [0.15, 0.2) is 36.5 Å². The van der Waals surface area contributed by atoms with Crippen molar-refractivity contribution in [3.8, 4) is 0 Å². The zero-order valence-electron chi connectivity index (χ0n) is 13.0. The number of anilines is 1. The Morgan fingerprint density at radius 2 is 2.19 bits per heavy atom. The summed E-state index contributed by atoms with van der Waals surface area (Å²) in [6.07, 6.45) is 4.45. The number of fused-ring (bicyclic) bond motifs is 1. The monoisotopic (exact) mass is 283 g/mol.